The van der Waals surface area contributed by atoms with Gasteiger partial charge in [-0.1, -0.05) is 6.07 Å². The molecule has 0 saturated heterocycles. The van der Waals surface area contributed by atoms with Crippen LogP contribution in [0, 0.1) is 0 Å². The molecule has 0 saturated carbocycles. The molecule has 1 rings (SSSR count). The molecule has 0 aliphatic carbocycles. The molecule has 0 N–H and O–H groups in total. The number of rotatable bonds is 1. The van der Waals surface area contributed by atoms with Crippen molar-refractivity contribution in [3.8, 4) is 0 Å². The second kappa shape index (κ2) is 4.69. The first-order valence-electron chi connectivity index (χ1n) is 4.20. The summed E-state index contributed by atoms with van der Waals surface area (Å²) < 4.78 is 37.4. The zero-order valence-corrected chi connectivity index (χ0v) is 10.9. The smallest absolute Gasteiger partial charge is 0.416 e. The quantitative estimate of drug-likeness (QED) is 0.498. The Hall–Kier alpha value is -0.300. The number of hydrogen-bond donors (Lipinski definition) is 0. The number of hydrogen-bond acceptors (Lipinski definition) is 0. The molecule has 1 nitrogen and oxygen atoms in total. The Balaban J connectivity index is 0.00000196. The first-order chi connectivity index (χ1) is 6.21. The molecule has 0 spiro atoms. The lowest BCUT2D eigenvalue weighted by molar-refractivity contribution is -0.137. The summed E-state index contributed by atoms with van der Waals surface area (Å²) in [6.07, 6.45) is -4.26. The van der Waals surface area contributed by atoms with E-state index >= 15 is 0 Å². The van der Waals surface area contributed by atoms with Crippen LogP contribution in [0.4, 0.5) is 18.9 Å². The van der Waals surface area contributed by atoms with Crippen molar-refractivity contribution in [2.24, 2.45) is 0 Å². The van der Waals surface area contributed by atoms with E-state index in [4.69, 9.17) is 0 Å². The van der Waals surface area contributed by atoms with E-state index < -0.39 is 11.7 Å². The molecule has 0 amide bonds. The van der Waals surface area contributed by atoms with Crippen molar-refractivity contribution in [3.05, 3.63) is 29.8 Å². The number of quaternary nitrogens is 1. The van der Waals surface area contributed by atoms with Crippen molar-refractivity contribution < 1.29 is 37.1 Å². The van der Waals surface area contributed by atoms with Gasteiger partial charge >= 0.3 is 6.18 Å². The topological polar surface area (TPSA) is 0 Å². The average Bonchev–Trinajstić information content (AvgIpc) is 2.01. The van der Waals surface area contributed by atoms with Gasteiger partial charge in [0.2, 0.25) is 0 Å². The van der Waals surface area contributed by atoms with Gasteiger partial charge in [-0.3, -0.25) is 4.48 Å². The highest BCUT2D eigenvalue weighted by atomic mass is 127. The lowest BCUT2D eigenvalue weighted by atomic mass is 10.2. The molecule has 0 aromatic heterocycles. The molecule has 0 unspecified atom stereocenters. The molecule has 0 heterocycles. The minimum absolute atomic E-state index is 0. The monoisotopic (exact) mass is 331 g/mol. The van der Waals surface area contributed by atoms with Crippen molar-refractivity contribution >= 4 is 5.69 Å². The fourth-order valence-corrected chi connectivity index (χ4v) is 1.10. The maximum Gasteiger partial charge on any atom is 0.416 e. The van der Waals surface area contributed by atoms with Gasteiger partial charge < -0.3 is 24.0 Å². The molecule has 0 atom stereocenters. The molecule has 0 bridgehead atoms. The van der Waals surface area contributed by atoms with E-state index in [0.717, 1.165) is 6.07 Å². The maximum absolute atomic E-state index is 12.3. The Kier molecular flexibility index (Phi) is 4.60. The SMILES string of the molecule is C[N+](C)(C)c1cccc(C(F)(F)F)c1.[I-]. The zero-order valence-electron chi connectivity index (χ0n) is 8.77. The van der Waals surface area contributed by atoms with Gasteiger partial charge in [0.05, 0.1) is 26.7 Å². The molecule has 86 valence electrons. The number of benzene rings is 1. The summed E-state index contributed by atoms with van der Waals surface area (Å²) in [5.41, 5.74) is 0.0443. The Morgan fingerprint density at radius 2 is 1.60 bits per heavy atom. The van der Waals surface area contributed by atoms with Crippen LogP contribution in [0.15, 0.2) is 24.3 Å². The highest BCUT2D eigenvalue weighted by molar-refractivity contribution is 5.44. The van der Waals surface area contributed by atoms with Gasteiger partial charge in [-0.05, 0) is 12.1 Å². The van der Waals surface area contributed by atoms with Crippen LogP contribution in [0.1, 0.15) is 5.56 Å². The zero-order chi connectivity index (χ0) is 11.0. The van der Waals surface area contributed by atoms with Gasteiger partial charge in [0.1, 0.15) is 5.69 Å². The highest BCUT2D eigenvalue weighted by Crippen LogP contribution is 2.32. The maximum atomic E-state index is 12.3. The summed E-state index contributed by atoms with van der Waals surface area (Å²) in [7, 11) is 5.49. The molecule has 0 aliphatic rings. The molecule has 0 fully saturated rings. The second-order valence-electron chi connectivity index (χ2n) is 4.06. The third-order valence-electron chi connectivity index (χ3n) is 1.95. The Morgan fingerprint density at radius 1 is 1.07 bits per heavy atom. The molecule has 1 aromatic carbocycles. The summed E-state index contributed by atoms with van der Waals surface area (Å²) in [4.78, 5) is 0. The average molecular weight is 331 g/mol. The van der Waals surface area contributed by atoms with E-state index in [2.05, 4.69) is 0 Å². The van der Waals surface area contributed by atoms with E-state index in [1.165, 1.54) is 12.1 Å². The molecule has 0 radical (unpaired) electrons. The minimum atomic E-state index is -4.26. The van der Waals surface area contributed by atoms with Gasteiger partial charge in [0, 0.05) is 6.07 Å². The second-order valence-corrected chi connectivity index (χ2v) is 4.06. The van der Waals surface area contributed by atoms with E-state index in [1.807, 2.05) is 21.1 Å². The Labute approximate surface area is 105 Å². The predicted molar refractivity (Wildman–Crippen MR) is 51.0 cm³/mol. The van der Waals surface area contributed by atoms with Gasteiger partial charge in [-0.25, -0.2) is 0 Å². The molecular weight excluding hydrogens is 318 g/mol. The van der Waals surface area contributed by atoms with Crippen LogP contribution in [0.3, 0.4) is 0 Å². The molecule has 1 aromatic rings. The third kappa shape index (κ3) is 3.98. The minimum Gasteiger partial charge on any atom is -1.00 e. The lowest BCUT2D eigenvalue weighted by Gasteiger charge is -2.24. The van der Waals surface area contributed by atoms with Crippen LogP contribution in [-0.4, -0.2) is 21.1 Å². The summed E-state index contributed by atoms with van der Waals surface area (Å²) in [5, 5.41) is 0. The van der Waals surface area contributed by atoms with E-state index in [9.17, 15) is 13.2 Å². The van der Waals surface area contributed by atoms with E-state index in [-0.39, 0.29) is 24.0 Å². The van der Waals surface area contributed by atoms with Crippen molar-refractivity contribution in [1.29, 1.82) is 0 Å². The molecule has 0 aliphatic heterocycles. The first-order valence-corrected chi connectivity index (χ1v) is 4.20. The summed E-state index contributed by atoms with van der Waals surface area (Å²) in [6.45, 7) is 0. The Bertz CT molecular complexity index is 299. The number of nitrogens with zero attached hydrogens (tertiary/aromatic N) is 1. The van der Waals surface area contributed by atoms with E-state index in [1.54, 1.807) is 6.07 Å². The van der Waals surface area contributed by atoms with Crippen molar-refractivity contribution in [2.45, 2.75) is 6.18 Å². The van der Waals surface area contributed by atoms with Gasteiger partial charge in [0.25, 0.3) is 0 Å². The van der Waals surface area contributed by atoms with Gasteiger partial charge in [0.15, 0.2) is 0 Å². The highest BCUT2D eigenvalue weighted by Gasteiger charge is 2.31. The van der Waals surface area contributed by atoms with Crippen LogP contribution >= 0.6 is 0 Å². The first kappa shape index (κ1) is 14.7. The van der Waals surface area contributed by atoms with Crippen LogP contribution < -0.4 is 28.5 Å². The van der Waals surface area contributed by atoms with Gasteiger partial charge in [-0.15, -0.1) is 0 Å². The van der Waals surface area contributed by atoms with E-state index in [0.29, 0.717) is 10.2 Å². The van der Waals surface area contributed by atoms with Gasteiger partial charge in [-0.2, -0.15) is 13.2 Å². The van der Waals surface area contributed by atoms with Crippen molar-refractivity contribution in [1.82, 2.24) is 4.48 Å². The largest absolute Gasteiger partial charge is 1.00 e. The standard InChI is InChI=1S/C10H13F3N.HI/c1-14(2,3)9-6-4-5-8(7-9)10(11,12)13;/h4-7H,1-3H3;1H/q+1;/p-1. The predicted octanol–water partition coefficient (Wildman–Crippen LogP) is -0.0939. The fourth-order valence-electron chi connectivity index (χ4n) is 1.10. The van der Waals surface area contributed by atoms with Crippen LogP contribution in [0.2, 0.25) is 0 Å². The Morgan fingerprint density at radius 3 is 2.00 bits per heavy atom. The van der Waals surface area contributed by atoms with Crippen LogP contribution in [0.5, 0.6) is 0 Å². The third-order valence-corrected chi connectivity index (χ3v) is 1.95. The van der Waals surface area contributed by atoms with Crippen molar-refractivity contribution in [3.63, 3.8) is 0 Å². The summed E-state index contributed by atoms with van der Waals surface area (Å²) >= 11 is 0. The van der Waals surface area contributed by atoms with Crippen molar-refractivity contribution in [2.75, 3.05) is 21.1 Å². The molecule has 5 heteroatoms. The van der Waals surface area contributed by atoms with Crippen LogP contribution in [0.25, 0.3) is 0 Å². The number of halogens is 4. The molecule has 15 heavy (non-hydrogen) atoms. The molecular formula is C10H13F3IN. The normalized spacial score (nSPS) is 12.1. The summed E-state index contributed by atoms with van der Waals surface area (Å²) in [6, 6.07) is 5.38. The summed E-state index contributed by atoms with van der Waals surface area (Å²) in [5.74, 6) is 0. The lowest BCUT2D eigenvalue weighted by Crippen LogP contribution is -3.00. The van der Waals surface area contributed by atoms with Crippen LogP contribution in [-0.2, 0) is 6.18 Å². The number of alkyl halides is 3. The fraction of sp³-hybridized carbons (Fsp3) is 0.400.